The van der Waals surface area contributed by atoms with Crippen molar-refractivity contribution in [3.05, 3.63) is 23.9 Å². The molecular formula is C35H48F2N4O7. The number of benzene rings is 1. The van der Waals surface area contributed by atoms with Crippen molar-refractivity contribution < 1.29 is 42.1 Å². The topological polar surface area (TPSA) is 129 Å². The SMILES string of the molecule is CC[C@@H]1[C@@H]2CN(C(=O)[C@H](C(C)(C)C)NC(=O)O[C@]3(C)CCC[C@H]3CCOCCC(F)(F)c3nc4ccc(OC)cc4nc3O2)[C@@H]1C(C)=O. The van der Waals surface area contributed by atoms with Crippen LogP contribution in [0, 0.1) is 17.3 Å². The van der Waals surface area contributed by atoms with E-state index in [0.717, 1.165) is 12.8 Å². The molecule has 1 saturated heterocycles. The van der Waals surface area contributed by atoms with Gasteiger partial charge in [0.05, 0.1) is 37.3 Å². The Labute approximate surface area is 280 Å². The predicted molar refractivity (Wildman–Crippen MR) is 173 cm³/mol. The molecule has 0 spiro atoms. The number of Topliss-reactive ketones (excluding diaryl/α,β-unsaturated/α-hetero) is 1. The summed E-state index contributed by atoms with van der Waals surface area (Å²) in [5.74, 6) is -4.75. The van der Waals surface area contributed by atoms with Gasteiger partial charge in [0.25, 0.3) is 5.92 Å². The number of aromatic nitrogens is 2. The van der Waals surface area contributed by atoms with Crippen LogP contribution in [0.2, 0.25) is 0 Å². The lowest BCUT2D eigenvalue weighted by molar-refractivity contribution is -0.141. The van der Waals surface area contributed by atoms with Crippen LogP contribution in [-0.4, -0.2) is 83.3 Å². The molecule has 2 amide bonds. The van der Waals surface area contributed by atoms with Crippen LogP contribution in [0.1, 0.15) is 85.8 Å². The highest BCUT2D eigenvalue weighted by molar-refractivity contribution is 5.92. The van der Waals surface area contributed by atoms with E-state index in [-0.39, 0.29) is 48.4 Å². The monoisotopic (exact) mass is 674 g/mol. The highest BCUT2D eigenvalue weighted by Crippen LogP contribution is 2.42. The number of hydrogen-bond donors (Lipinski definition) is 1. The predicted octanol–water partition coefficient (Wildman–Crippen LogP) is 5.81. The maximum absolute atomic E-state index is 16.1. The third-order valence-electron chi connectivity index (χ3n) is 10.2. The first-order chi connectivity index (χ1) is 22.6. The van der Waals surface area contributed by atoms with E-state index in [1.54, 1.807) is 18.2 Å². The molecule has 2 fully saturated rings. The summed E-state index contributed by atoms with van der Waals surface area (Å²) in [6.45, 7) is 10.4. The fourth-order valence-electron chi connectivity index (χ4n) is 7.46. The van der Waals surface area contributed by atoms with Gasteiger partial charge in [0.15, 0.2) is 11.5 Å². The average molecular weight is 675 g/mol. The van der Waals surface area contributed by atoms with E-state index in [1.807, 2.05) is 34.6 Å². The Bertz CT molecular complexity index is 1530. The molecule has 3 heterocycles. The fraction of sp³-hybridized carbons (Fsp3) is 0.686. The molecule has 1 aliphatic carbocycles. The van der Waals surface area contributed by atoms with Crippen LogP contribution in [0.15, 0.2) is 18.2 Å². The molecule has 0 unspecified atom stereocenters. The number of alkyl carbamates (subject to hydrolysis) is 1. The van der Waals surface area contributed by atoms with Gasteiger partial charge in [-0.1, -0.05) is 27.7 Å². The minimum absolute atomic E-state index is 0.0512. The van der Waals surface area contributed by atoms with Crippen molar-refractivity contribution in [1.82, 2.24) is 20.2 Å². The molecule has 3 aliphatic rings. The molecule has 2 bridgehead atoms. The smallest absolute Gasteiger partial charge is 0.408 e. The zero-order valence-electron chi connectivity index (χ0n) is 28.9. The number of amides is 2. The number of nitrogens with zero attached hydrogens (tertiary/aromatic N) is 3. The minimum Gasteiger partial charge on any atom is -0.497 e. The second-order valence-corrected chi connectivity index (χ2v) is 14.6. The largest absolute Gasteiger partial charge is 0.497 e. The lowest BCUT2D eigenvalue weighted by Crippen LogP contribution is -2.58. The standard InChI is InChI=1S/C35H48F2N4O7/c1-8-23-26-19-41(27(23)20(2)42)31(43)29(33(3,4)5)40-32(44)48-34(6)14-9-10-21(34)13-16-46-17-15-35(36,37)28-30(47-26)39-25-18-22(45-7)11-12-24(25)38-28/h11-12,18,21,23,26-27,29H,8-10,13-17,19H2,1-7H3,(H,40,44)/t21-,23+,26-,27+,29+,34+/m0/s1. The van der Waals surface area contributed by atoms with Gasteiger partial charge in [0, 0.05) is 30.9 Å². The molecule has 5 rings (SSSR count). The molecule has 1 saturated carbocycles. The summed E-state index contributed by atoms with van der Waals surface area (Å²) in [5.41, 5.74) is -1.70. The summed E-state index contributed by atoms with van der Waals surface area (Å²) >= 11 is 0. The molecule has 6 atom stereocenters. The maximum Gasteiger partial charge on any atom is 0.408 e. The van der Waals surface area contributed by atoms with Crippen molar-refractivity contribution in [2.45, 2.75) is 110 Å². The van der Waals surface area contributed by atoms with Gasteiger partial charge in [-0.3, -0.25) is 9.59 Å². The van der Waals surface area contributed by atoms with Crippen molar-refractivity contribution in [2.24, 2.45) is 17.3 Å². The number of alkyl halides is 2. The van der Waals surface area contributed by atoms with Gasteiger partial charge >= 0.3 is 6.09 Å². The number of ether oxygens (including phenoxy) is 4. The van der Waals surface area contributed by atoms with E-state index in [4.69, 9.17) is 18.9 Å². The van der Waals surface area contributed by atoms with Gasteiger partial charge in [0.2, 0.25) is 11.8 Å². The molecule has 1 N–H and O–H groups in total. The number of hydrogen-bond acceptors (Lipinski definition) is 9. The Morgan fingerprint density at radius 3 is 2.54 bits per heavy atom. The van der Waals surface area contributed by atoms with Crippen LogP contribution in [0.5, 0.6) is 11.6 Å². The summed E-state index contributed by atoms with van der Waals surface area (Å²) in [7, 11) is 1.49. The molecular weight excluding hydrogens is 626 g/mol. The van der Waals surface area contributed by atoms with Gasteiger partial charge in [-0.25, -0.2) is 14.8 Å². The summed E-state index contributed by atoms with van der Waals surface area (Å²) < 4.78 is 55.5. The van der Waals surface area contributed by atoms with Gasteiger partial charge in [-0.2, -0.15) is 8.78 Å². The number of carbonyl (C=O) groups is 3. The van der Waals surface area contributed by atoms with Gasteiger partial charge in [-0.15, -0.1) is 0 Å². The number of ketones is 1. The Hall–Kier alpha value is -3.61. The molecule has 1 aromatic heterocycles. The zero-order chi connectivity index (χ0) is 35.0. The lowest BCUT2D eigenvalue weighted by atomic mass is 9.85. The number of fused-ring (bicyclic) bond motifs is 5. The summed E-state index contributed by atoms with van der Waals surface area (Å²) in [5, 5.41) is 2.82. The molecule has 11 nitrogen and oxygen atoms in total. The second kappa shape index (κ2) is 13.7. The lowest BCUT2D eigenvalue weighted by Gasteiger charge is -2.37. The zero-order valence-corrected chi connectivity index (χ0v) is 28.9. The van der Waals surface area contributed by atoms with E-state index < -0.39 is 65.2 Å². The second-order valence-electron chi connectivity index (χ2n) is 14.6. The molecule has 1 aromatic carbocycles. The highest BCUT2D eigenvalue weighted by atomic mass is 19.3. The third kappa shape index (κ3) is 7.21. The van der Waals surface area contributed by atoms with Crippen molar-refractivity contribution >= 4 is 28.8 Å². The minimum atomic E-state index is -3.48. The van der Waals surface area contributed by atoms with E-state index in [0.29, 0.717) is 25.0 Å². The maximum atomic E-state index is 16.1. The Morgan fingerprint density at radius 1 is 1.12 bits per heavy atom. The summed E-state index contributed by atoms with van der Waals surface area (Å²) in [6, 6.07) is 2.79. The molecule has 0 radical (unpaired) electrons. The van der Waals surface area contributed by atoms with Crippen LogP contribution in [0.3, 0.4) is 0 Å². The number of methoxy groups -OCH3 is 1. The first kappa shape index (κ1) is 35.7. The number of rotatable bonds is 3. The van der Waals surface area contributed by atoms with Crippen molar-refractivity contribution in [2.75, 3.05) is 26.9 Å². The van der Waals surface area contributed by atoms with Gasteiger partial charge in [0.1, 0.15) is 23.5 Å². The Balaban J connectivity index is 1.60. The first-order valence-corrected chi connectivity index (χ1v) is 16.9. The number of carbonyl (C=O) groups excluding carboxylic acids is 3. The van der Waals surface area contributed by atoms with Crippen LogP contribution < -0.4 is 14.8 Å². The Morgan fingerprint density at radius 2 is 1.88 bits per heavy atom. The van der Waals surface area contributed by atoms with E-state index >= 15 is 8.78 Å². The van der Waals surface area contributed by atoms with E-state index in [9.17, 15) is 14.4 Å². The Kier molecular flexibility index (Phi) is 10.2. The van der Waals surface area contributed by atoms with Crippen molar-refractivity contribution in [3.8, 4) is 11.6 Å². The van der Waals surface area contributed by atoms with Crippen LogP contribution in [0.25, 0.3) is 11.0 Å². The van der Waals surface area contributed by atoms with Gasteiger partial charge < -0.3 is 29.2 Å². The van der Waals surface area contributed by atoms with E-state index in [1.165, 1.54) is 18.9 Å². The quantitative estimate of drug-likeness (QED) is 0.429. The number of halogens is 2. The van der Waals surface area contributed by atoms with Crippen molar-refractivity contribution in [1.29, 1.82) is 0 Å². The van der Waals surface area contributed by atoms with Gasteiger partial charge in [-0.05, 0) is 63.5 Å². The van der Waals surface area contributed by atoms with Crippen LogP contribution >= 0.6 is 0 Å². The fourth-order valence-corrected chi connectivity index (χ4v) is 7.46. The normalized spacial score (nSPS) is 30.2. The molecule has 13 heteroatoms. The highest BCUT2D eigenvalue weighted by Gasteiger charge is 2.51. The van der Waals surface area contributed by atoms with Crippen LogP contribution in [0.4, 0.5) is 13.6 Å². The molecule has 48 heavy (non-hydrogen) atoms. The molecule has 2 aliphatic heterocycles. The first-order valence-electron chi connectivity index (χ1n) is 16.9. The van der Waals surface area contributed by atoms with E-state index in [2.05, 4.69) is 15.3 Å². The third-order valence-corrected chi connectivity index (χ3v) is 10.2. The molecule has 2 aromatic rings. The number of nitrogens with one attached hydrogen (secondary N) is 1. The summed E-state index contributed by atoms with van der Waals surface area (Å²) in [6.07, 6.45) is 0.900. The van der Waals surface area contributed by atoms with Crippen molar-refractivity contribution in [3.63, 3.8) is 0 Å². The molecule has 264 valence electrons. The average Bonchev–Trinajstić information content (AvgIpc) is 3.57. The summed E-state index contributed by atoms with van der Waals surface area (Å²) in [4.78, 5) is 51.3. The van der Waals surface area contributed by atoms with Crippen LogP contribution in [-0.2, 0) is 25.0 Å².